The smallest absolute Gasteiger partial charge is 0.270 e. The lowest BCUT2D eigenvalue weighted by Crippen LogP contribution is -2.32. The van der Waals surface area contributed by atoms with Crippen LogP contribution in [-0.2, 0) is 6.54 Å². The predicted octanol–water partition coefficient (Wildman–Crippen LogP) is 1.08. The summed E-state index contributed by atoms with van der Waals surface area (Å²) < 4.78 is 0. The summed E-state index contributed by atoms with van der Waals surface area (Å²) >= 11 is 0. The van der Waals surface area contributed by atoms with E-state index < -0.39 is 0 Å². The van der Waals surface area contributed by atoms with Gasteiger partial charge in [0.2, 0.25) is 0 Å². The van der Waals surface area contributed by atoms with E-state index in [1.165, 1.54) is 0 Å². The molecule has 1 amide bonds. The van der Waals surface area contributed by atoms with Gasteiger partial charge in [0.15, 0.2) is 0 Å². The zero-order valence-corrected chi connectivity index (χ0v) is 13.7. The normalized spacial score (nSPS) is 10.6. The summed E-state index contributed by atoms with van der Waals surface area (Å²) in [6.45, 7) is 3.74. The lowest BCUT2D eigenvalue weighted by atomic mass is 10.2. The van der Waals surface area contributed by atoms with Gasteiger partial charge in [-0.25, -0.2) is 9.97 Å². The Kier molecular flexibility index (Phi) is 5.99. The monoisotopic (exact) mass is 314 g/mol. The van der Waals surface area contributed by atoms with Gasteiger partial charge in [-0.2, -0.15) is 0 Å². The van der Waals surface area contributed by atoms with E-state index in [2.05, 4.69) is 25.6 Å². The van der Waals surface area contributed by atoms with Crippen LogP contribution in [0.1, 0.15) is 21.9 Å². The minimum absolute atomic E-state index is 0.190. The second-order valence-corrected chi connectivity index (χ2v) is 5.45. The van der Waals surface area contributed by atoms with E-state index in [-0.39, 0.29) is 5.91 Å². The van der Waals surface area contributed by atoms with Gasteiger partial charge in [-0.15, -0.1) is 0 Å². The largest absolute Gasteiger partial charge is 0.366 e. The summed E-state index contributed by atoms with van der Waals surface area (Å²) in [5.74, 6) is 0.999. The Morgan fingerprint density at radius 2 is 1.96 bits per heavy atom. The maximum Gasteiger partial charge on any atom is 0.270 e. The van der Waals surface area contributed by atoms with E-state index in [4.69, 9.17) is 0 Å². The van der Waals surface area contributed by atoms with Gasteiger partial charge in [-0.3, -0.25) is 9.78 Å². The molecule has 2 heterocycles. The van der Waals surface area contributed by atoms with E-state index in [9.17, 15) is 4.79 Å². The summed E-state index contributed by atoms with van der Waals surface area (Å²) in [6.07, 6.45) is 3.48. The number of hydrogen-bond donors (Lipinski definition) is 2. The van der Waals surface area contributed by atoms with Crippen molar-refractivity contribution >= 4 is 11.7 Å². The minimum Gasteiger partial charge on any atom is -0.366 e. The van der Waals surface area contributed by atoms with Crippen LogP contribution in [0, 0.1) is 6.92 Å². The molecule has 0 saturated heterocycles. The number of nitrogens with zero attached hydrogens (tertiary/aromatic N) is 4. The zero-order chi connectivity index (χ0) is 16.7. The quantitative estimate of drug-likeness (QED) is 0.796. The van der Waals surface area contributed by atoms with E-state index >= 15 is 0 Å². The Labute approximate surface area is 136 Å². The van der Waals surface area contributed by atoms with Gasteiger partial charge in [0.05, 0.1) is 0 Å². The molecule has 7 nitrogen and oxygen atoms in total. The molecule has 122 valence electrons. The number of carbonyl (C=O) groups excluding carboxylic acids is 1. The Bertz CT molecular complexity index is 644. The molecular formula is C16H22N6O. The van der Waals surface area contributed by atoms with Crippen LogP contribution in [0.3, 0.4) is 0 Å². The molecular weight excluding hydrogens is 292 g/mol. The number of aryl methyl sites for hydroxylation is 1. The van der Waals surface area contributed by atoms with Crippen LogP contribution in [0.25, 0.3) is 0 Å². The molecule has 0 aliphatic heterocycles. The topological polar surface area (TPSA) is 83.0 Å². The summed E-state index contributed by atoms with van der Waals surface area (Å²) in [5.41, 5.74) is 1.46. The zero-order valence-electron chi connectivity index (χ0n) is 13.7. The first-order valence-electron chi connectivity index (χ1n) is 7.46. The van der Waals surface area contributed by atoms with Crippen LogP contribution in [0.4, 0.5) is 5.82 Å². The molecule has 0 spiro atoms. The summed E-state index contributed by atoms with van der Waals surface area (Å²) in [7, 11) is 3.92. The highest BCUT2D eigenvalue weighted by molar-refractivity contribution is 5.92. The third-order valence-corrected chi connectivity index (χ3v) is 3.14. The maximum absolute atomic E-state index is 12.1. The molecule has 0 atom stereocenters. The second-order valence-electron chi connectivity index (χ2n) is 5.45. The number of likely N-dealkylation sites (N-methyl/N-ethyl adjacent to an activating group) is 1. The molecule has 0 bridgehead atoms. The lowest BCUT2D eigenvalue weighted by molar-refractivity contribution is 0.0945. The predicted molar refractivity (Wildman–Crippen MR) is 89.2 cm³/mol. The number of pyridine rings is 1. The van der Waals surface area contributed by atoms with E-state index in [0.29, 0.717) is 30.4 Å². The molecule has 0 aliphatic rings. The van der Waals surface area contributed by atoms with Gasteiger partial charge in [0.25, 0.3) is 5.91 Å². The van der Waals surface area contributed by atoms with Gasteiger partial charge in [-0.05, 0) is 38.7 Å². The lowest BCUT2D eigenvalue weighted by Gasteiger charge is -2.11. The maximum atomic E-state index is 12.1. The Balaban J connectivity index is 1.99. The van der Waals surface area contributed by atoms with Crippen molar-refractivity contribution in [2.24, 2.45) is 0 Å². The second kappa shape index (κ2) is 8.19. The van der Waals surface area contributed by atoms with Crippen LogP contribution in [-0.4, -0.2) is 52.9 Å². The van der Waals surface area contributed by atoms with Crippen LogP contribution >= 0.6 is 0 Å². The molecule has 7 heteroatoms. The number of hydrogen-bond acceptors (Lipinski definition) is 6. The van der Waals surface area contributed by atoms with Crippen molar-refractivity contribution in [1.82, 2.24) is 25.2 Å². The highest BCUT2D eigenvalue weighted by Gasteiger charge is 2.10. The molecule has 2 N–H and O–H groups in total. The van der Waals surface area contributed by atoms with Gasteiger partial charge >= 0.3 is 0 Å². The summed E-state index contributed by atoms with van der Waals surface area (Å²) in [6, 6.07) is 5.52. The van der Waals surface area contributed by atoms with Crippen molar-refractivity contribution < 1.29 is 4.79 Å². The van der Waals surface area contributed by atoms with Gasteiger partial charge in [0.1, 0.15) is 17.3 Å². The number of amides is 1. The number of nitrogens with one attached hydrogen (secondary N) is 2. The number of rotatable bonds is 7. The number of carbonyl (C=O) groups is 1. The Morgan fingerprint density at radius 1 is 1.22 bits per heavy atom. The molecule has 0 saturated carbocycles. The highest BCUT2D eigenvalue weighted by atomic mass is 16.1. The van der Waals surface area contributed by atoms with Crippen molar-refractivity contribution in [3.05, 3.63) is 47.7 Å². The molecule has 0 radical (unpaired) electrons. The molecule has 23 heavy (non-hydrogen) atoms. The first kappa shape index (κ1) is 16.8. The van der Waals surface area contributed by atoms with E-state index in [1.54, 1.807) is 25.4 Å². The van der Waals surface area contributed by atoms with E-state index in [0.717, 1.165) is 12.1 Å². The fraction of sp³-hybridized carbons (Fsp3) is 0.375. The summed E-state index contributed by atoms with van der Waals surface area (Å²) in [5, 5.41) is 6.06. The van der Waals surface area contributed by atoms with Crippen LogP contribution in [0.2, 0.25) is 0 Å². The van der Waals surface area contributed by atoms with Crippen molar-refractivity contribution in [2.45, 2.75) is 13.5 Å². The van der Waals surface area contributed by atoms with Crippen molar-refractivity contribution in [3.63, 3.8) is 0 Å². The average molecular weight is 314 g/mol. The Morgan fingerprint density at radius 3 is 2.65 bits per heavy atom. The first-order valence-corrected chi connectivity index (χ1v) is 7.46. The van der Waals surface area contributed by atoms with E-state index in [1.807, 2.05) is 31.1 Å². The van der Waals surface area contributed by atoms with Crippen molar-refractivity contribution in [1.29, 1.82) is 0 Å². The molecule has 2 rings (SSSR count). The molecule has 0 fully saturated rings. The molecule has 0 aliphatic carbocycles. The molecule has 2 aromatic rings. The number of anilines is 1. The van der Waals surface area contributed by atoms with Crippen LogP contribution in [0.15, 0.2) is 30.6 Å². The fourth-order valence-corrected chi connectivity index (χ4v) is 1.95. The van der Waals surface area contributed by atoms with Crippen LogP contribution in [0.5, 0.6) is 0 Å². The first-order chi connectivity index (χ1) is 11.0. The van der Waals surface area contributed by atoms with Gasteiger partial charge < -0.3 is 15.5 Å². The van der Waals surface area contributed by atoms with Gasteiger partial charge in [-0.1, -0.05) is 0 Å². The highest BCUT2D eigenvalue weighted by Crippen LogP contribution is 2.09. The van der Waals surface area contributed by atoms with Crippen LogP contribution < -0.4 is 10.6 Å². The molecule has 2 aromatic heterocycles. The molecule has 0 aromatic carbocycles. The standard InChI is InChI=1S/C16H22N6O/c1-12-20-14(16(23)18-8-9-22(2)3)10-15(21-12)19-11-13-4-6-17-7-5-13/h4-7,10H,8-9,11H2,1-3H3,(H,18,23)(H,19,20,21). The number of aromatic nitrogens is 3. The minimum atomic E-state index is -0.190. The Hall–Kier alpha value is -2.54. The molecule has 0 unspecified atom stereocenters. The van der Waals surface area contributed by atoms with Gasteiger partial charge in [0, 0.05) is 38.1 Å². The van der Waals surface area contributed by atoms with Crippen molar-refractivity contribution in [3.8, 4) is 0 Å². The summed E-state index contributed by atoms with van der Waals surface area (Å²) in [4.78, 5) is 26.7. The van der Waals surface area contributed by atoms with Crippen molar-refractivity contribution in [2.75, 3.05) is 32.5 Å². The average Bonchev–Trinajstić information content (AvgIpc) is 2.53. The SMILES string of the molecule is Cc1nc(NCc2ccncc2)cc(C(=O)NCCN(C)C)n1. The third kappa shape index (κ3) is 5.63. The fourth-order valence-electron chi connectivity index (χ4n) is 1.95. The third-order valence-electron chi connectivity index (χ3n) is 3.14.